The van der Waals surface area contributed by atoms with Gasteiger partial charge in [-0.25, -0.2) is 4.98 Å². The Labute approximate surface area is 146 Å². The maximum atomic E-state index is 11.6. The molecule has 25 heavy (non-hydrogen) atoms. The van der Waals surface area contributed by atoms with Crippen LogP contribution in [-0.2, 0) is 10.3 Å². The van der Waals surface area contributed by atoms with Crippen molar-refractivity contribution >= 4 is 5.91 Å². The van der Waals surface area contributed by atoms with Gasteiger partial charge in [0, 0.05) is 30.6 Å². The summed E-state index contributed by atoms with van der Waals surface area (Å²) < 4.78 is 7.38. The lowest BCUT2D eigenvalue weighted by Crippen LogP contribution is -2.46. The highest BCUT2D eigenvalue weighted by atomic mass is 16.5. The van der Waals surface area contributed by atoms with E-state index in [1.54, 1.807) is 12.5 Å². The number of hydrogen-bond acceptors (Lipinski definition) is 5. The molecular formula is C18H21N5O2. The number of carbonyl (C=O) groups is 1. The predicted octanol–water partition coefficient (Wildman–Crippen LogP) is 2.93. The zero-order valence-corrected chi connectivity index (χ0v) is 14.7. The first-order valence-corrected chi connectivity index (χ1v) is 8.12. The van der Waals surface area contributed by atoms with Crippen LogP contribution in [0.1, 0.15) is 33.6 Å². The van der Waals surface area contributed by atoms with Gasteiger partial charge in [0.1, 0.15) is 5.54 Å². The van der Waals surface area contributed by atoms with Gasteiger partial charge in [0.15, 0.2) is 0 Å². The van der Waals surface area contributed by atoms with Crippen LogP contribution in [0.25, 0.3) is 17.1 Å². The number of amides is 1. The average molecular weight is 339 g/mol. The number of nitrogens with one attached hydrogen (secondary N) is 1. The van der Waals surface area contributed by atoms with E-state index in [-0.39, 0.29) is 11.8 Å². The number of carbonyl (C=O) groups excluding carboxylic acids is 1. The highest BCUT2D eigenvalue weighted by Gasteiger charge is 2.37. The van der Waals surface area contributed by atoms with E-state index in [0.717, 1.165) is 11.3 Å². The first-order chi connectivity index (χ1) is 11.9. The summed E-state index contributed by atoms with van der Waals surface area (Å²) in [6.45, 7) is 7.36. The number of nitrogens with zero attached hydrogens (tertiary/aromatic N) is 4. The van der Waals surface area contributed by atoms with E-state index in [1.807, 2.05) is 55.8 Å². The van der Waals surface area contributed by atoms with Crippen LogP contribution >= 0.6 is 0 Å². The molecule has 0 aliphatic heterocycles. The molecule has 0 fully saturated rings. The fraction of sp³-hybridized carbons (Fsp3) is 0.333. The SMILES string of the molecule is CC(=O)NC(C)(c1nc(-c2cccc(-n3ccnc3)c2)no1)C(C)C. The maximum absolute atomic E-state index is 11.6. The molecule has 7 heteroatoms. The van der Waals surface area contributed by atoms with Crippen LogP contribution in [-0.4, -0.2) is 25.6 Å². The van der Waals surface area contributed by atoms with Crippen molar-refractivity contribution in [2.24, 2.45) is 5.92 Å². The van der Waals surface area contributed by atoms with Crippen LogP contribution in [0.3, 0.4) is 0 Å². The van der Waals surface area contributed by atoms with Crippen molar-refractivity contribution in [3.63, 3.8) is 0 Å². The monoisotopic (exact) mass is 339 g/mol. The third-order valence-electron chi connectivity index (χ3n) is 4.37. The smallest absolute Gasteiger partial charge is 0.252 e. The minimum atomic E-state index is -0.723. The number of imidazole rings is 1. The summed E-state index contributed by atoms with van der Waals surface area (Å²) in [5, 5.41) is 7.03. The zero-order chi connectivity index (χ0) is 18.0. The molecule has 3 aromatic rings. The van der Waals surface area contributed by atoms with Crippen molar-refractivity contribution in [3.05, 3.63) is 48.9 Å². The lowest BCUT2D eigenvalue weighted by molar-refractivity contribution is -0.121. The van der Waals surface area contributed by atoms with E-state index >= 15 is 0 Å². The topological polar surface area (TPSA) is 85.8 Å². The van der Waals surface area contributed by atoms with Gasteiger partial charge in [0.05, 0.1) is 6.33 Å². The van der Waals surface area contributed by atoms with Crippen LogP contribution in [0.15, 0.2) is 47.5 Å². The molecule has 0 saturated heterocycles. The van der Waals surface area contributed by atoms with Crippen molar-refractivity contribution in [1.29, 1.82) is 0 Å². The summed E-state index contributed by atoms with van der Waals surface area (Å²) in [7, 11) is 0. The van der Waals surface area contributed by atoms with E-state index in [9.17, 15) is 4.79 Å². The molecule has 7 nitrogen and oxygen atoms in total. The van der Waals surface area contributed by atoms with Crippen LogP contribution in [0.2, 0.25) is 0 Å². The van der Waals surface area contributed by atoms with E-state index in [2.05, 4.69) is 20.4 Å². The molecule has 2 aromatic heterocycles. The maximum Gasteiger partial charge on any atom is 0.252 e. The summed E-state index contributed by atoms with van der Waals surface area (Å²) in [5.74, 6) is 0.815. The molecular weight excluding hydrogens is 318 g/mol. The van der Waals surface area contributed by atoms with Crippen molar-refractivity contribution in [2.45, 2.75) is 33.2 Å². The Morgan fingerprint density at radius 1 is 1.36 bits per heavy atom. The molecule has 0 spiro atoms. The molecule has 1 N–H and O–H groups in total. The second kappa shape index (κ2) is 6.51. The van der Waals surface area contributed by atoms with Gasteiger partial charge < -0.3 is 14.4 Å². The minimum absolute atomic E-state index is 0.0852. The Bertz CT molecular complexity index is 869. The Hall–Kier alpha value is -2.96. The van der Waals surface area contributed by atoms with Gasteiger partial charge in [-0.3, -0.25) is 4.79 Å². The van der Waals surface area contributed by atoms with Gasteiger partial charge in [-0.1, -0.05) is 31.1 Å². The van der Waals surface area contributed by atoms with E-state index < -0.39 is 5.54 Å². The third-order valence-corrected chi connectivity index (χ3v) is 4.37. The van der Waals surface area contributed by atoms with Crippen molar-refractivity contribution in [1.82, 2.24) is 25.0 Å². The second-order valence-corrected chi connectivity index (χ2v) is 6.48. The van der Waals surface area contributed by atoms with Gasteiger partial charge >= 0.3 is 0 Å². The normalized spacial score (nSPS) is 13.6. The summed E-state index contributed by atoms with van der Waals surface area (Å²) >= 11 is 0. The molecule has 2 heterocycles. The largest absolute Gasteiger partial charge is 0.342 e. The summed E-state index contributed by atoms with van der Waals surface area (Å²) in [6, 6.07) is 7.78. The van der Waals surface area contributed by atoms with Gasteiger partial charge in [0.2, 0.25) is 11.7 Å². The average Bonchev–Trinajstić information content (AvgIpc) is 3.26. The summed E-state index contributed by atoms with van der Waals surface area (Å²) in [5.41, 5.74) is 1.06. The van der Waals surface area contributed by atoms with Gasteiger partial charge in [-0.2, -0.15) is 4.98 Å². The number of benzene rings is 1. The molecule has 0 radical (unpaired) electrons. The van der Waals surface area contributed by atoms with Crippen molar-refractivity contribution in [3.8, 4) is 17.1 Å². The summed E-state index contributed by atoms with van der Waals surface area (Å²) in [6.07, 6.45) is 5.32. The lowest BCUT2D eigenvalue weighted by Gasteiger charge is -2.30. The quantitative estimate of drug-likeness (QED) is 0.772. The summed E-state index contributed by atoms with van der Waals surface area (Å²) in [4.78, 5) is 20.2. The Kier molecular flexibility index (Phi) is 4.39. The Morgan fingerprint density at radius 2 is 2.16 bits per heavy atom. The molecule has 1 atom stereocenters. The zero-order valence-electron chi connectivity index (χ0n) is 14.7. The molecule has 0 aliphatic carbocycles. The Morgan fingerprint density at radius 3 is 2.80 bits per heavy atom. The first kappa shape index (κ1) is 16.9. The predicted molar refractivity (Wildman–Crippen MR) is 92.9 cm³/mol. The first-order valence-electron chi connectivity index (χ1n) is 8.12. The second-order valence-electron chi connectivity index (χ2n) is 6.48. The number of aromatic nitrogens is 4. The highest BCUT2D eigenvalue weighted by molar-refractivity contribution is 5.74. The van der Waals surface area contributed by atoms with Crippen LogP contribution in [0, 0.1) is 5.92 Å². The molecule has 1 amide bonds. The van der Waals surface area contributed by atoms with E-state index in [0.29, 0.717) is 11.7 Å². The van der Waals surface area contributed by atoms with Crippen molar-refractivity contribution < 1.29 is 9.32 Å². The van der Waals surface area contributed by atoms with E-state index in [1.165, 1.54) is 6.92 Å². The highest BCUT2D eigenvalue weighted by Crippen LogP contribution is 2.30. The molecule has 3 rings (SSSR count). The standard InChI is InChI=1S/C18H21N5O2/c1-12(2)18(4,21-13(3)24)17-20-16(22-25-17)14-6-5-7-15(10-14)23-9-8-19-11-23/h5-12H,1-4H3,(H,21,24). The lowest BCUT2D eigenvalue weighted by atomic mass is 9.88. The van der Waals surface area contributed by atoms with Gasteiger partial charge in [-0.15, -0.1) is 0 Å². The molecule has 130 valence electrons. The number of rotatable bonds is 5. The van der Waals surface area contributed by atoms with Crippen LogP contribution < -0.4 is 5.32 Å². The molecule has 1 aromatic carbocycles. The van der Waals surface area contributed by atoms with Crippen LogP contribution in [0.5, 0.6) is 0 Å². The minimum Gasteiger partial charge on any atom is -0.342 e. The molecule has 0 bridgehead atoms. The van der Waals surface area contributed by atoms with Crippen LogP contribution in [0.4, 0.5) is 0 Å². The fourth-order valence-corrected chi connectivity index (χ4v) is 2.58. The number of hydrogen-bond donors (Lipinski definition) is 1. The van der Waals surface area contributed by atoms with E-state index in [4.69, 9.17) is 4.52 Å². The Balaban J connectivity index is 1.96. The molecule has 0 aliphatic rings. The van der Waals surface area contributed by atoms with Gasteiger partial charge in [-0.05, 0) is 25.0 Å². The molecule has 0 saturated carbocycles. The fourth-order valence-electron chi connectivity index (χ4n) is 2.58. The van der Waals surface area contributed by atoms with Gasteiger partial charge in [0.25, 0.3) is 5.89 Å². The van der Waals surface area contributed by atoms with Crippen molar-refractivity contribution in [2.75, 3.05) is 0 Å². The molecule has 1 unspecified atom stereocenters. The third kappa shape index (κ3) is 3.31.